The molecule has 0 saturated carbocycles. The second-order valence-corrected chi connectivity index (χ2v) is 6.06. The summed E-state index contributed by atoms with van der Waals surface area (Å²) < 4.78 is 20.9. The molecule has 0 aliphatic carbocycles. The number of nitriles is 1. The number of rotatable bonds is 9. The van der Waals surface area contributed by atoms with E-state index in [-0.39, 0.29) is 17.9 Å². The summed E-state index contributed by atoms with van der Waals surface area (Å²) >= 11 is 0. The minimum Gasteiger partial charge on any atom is -0.497 e. The number of benzene rings is 2. The van der Waals surface area contributed by atoms with E-state index in [9.17, 15) is 14.9 Å². The van der Waals surface area contributed by atoms with E-state index in [1.807, 2.05) is 18.2 Å². The van der Waals surface area contributed by atoms with E-state index < -0.39 is 11.9 Å². The van der Waals surface area contributed by atoms with Crippen molar-refractivity contribution in [3.8, 4) is 23.3 Å². The van der Waals surface area contributed by atoms with Crippen LogP contribution in [0, 0.1) is 11.3 Å². The van der Waals surface area contributed by atoms with Gasteiger partial charge in [-0.3, -0.25) is 0 Å². The molecular weight excluding hydrogens is 398 g/mol. The fourth-order valence-electron chi connectivity index (χ4n) is 2.50. The fourth-order valence-corrected chi connectivity index (χ4v) is 2.50. The number of hydrogen-bond acceptors (Lipinski definition) is 7. The Bertz CT molecular complexity index is 1020. The predicted octanol–water partition coefficient (Wildman–Crippen LogP) is 4.18. The van der Waals surface area contributed by atoms with Gasteiger partial charge < -0.3 is 18.9 Å². The average molecular weight is 421 g/mol. The zero-order valence-corrected chi connectivity index (χ0v) is 17.6. The molecule has 0 bridgehead atoms. The van der Waals surface area contributed by atoms with E-state index in [1.165, 1.54) is 18.2 Å². The zero-order valence-electron chi connectivity index (χ0n) is 17.6. The van der Waals surface area contributed by atoms with Crippen LogP contribution in [-0.2, 0) is 14.3 Å². The Morgan fingerprint density at radius 1 is 1.00 bits per heavy atom. The van der Waals surface area contributed by atoms with Crippen molar-refractivity contribution < 1.29 is 28.5 Å². The van der Waals surface area contributed by atoms with Crippen LogP contribution >= 0.6 is 0 Å². The van der Waals surface area contributed by atoms with Gasteiger partial charge in [0.2, 0.25) is 0 Å². The third kappa shape index (κ3) is 7.05. The number of methoxy groups -OCH3 is 1. The van der Waals surface area contributed by atoms with E-state index >= 15 is 0 Å². The average Bonchev–Trinajstić information content (AvgIpc) is 2.78. The summed E-state index contributed by atoms with van der Waals surface area (Å²) in [6.45, 7) is 3.95. The van der Waals surface area contributed by atoms with E-state index in [0.717, 1.165) is 11.3 Å². The summed E-state index contributed by atoms with van der Waals surface area (Å²) in [5.41, 5.74) is 1.20. The highest BCUT2D eigenvalue weighted by molar-refractivity contribution is 5.98. The first kappa shape index (κ1) is 23.2. The lowest BCUT2D eigenvalue weighted by atomic mass is 10.1. The molecule has 7 nitrogen and oxygen atoms in total. The van der Waals surface area contributed by atoms with E-state index in [0.29, 0.717) is 17.9 Å². The first-order chi connectivity index (χ1) is 15.0. The molecule has 0 amide bonds. The van der Waals surface area contributed by atoms with Crippen molar-refractivity contribution >= 4 is 24.1 Å². The molecule has 0 saturated heterocycles. The van der Waals surface area contributed by atoms with Crippen LogP contribution in [0.25, 0.3) is 12.2 Å². The SMILES string of the molecule is CCOC(=O)C(C#N)=Cc1ccc(OC(=O)C=Cc2ccc(OC)cc2)c(OCC)c1. The van der Waals surface area contributed by atoms with Gasteiger partial charge in [0.25, 0.3) is 0 Å². The molecule has 0 N–H and O–H groups in total. The van der Waals surface area contributed by atoms with Crippen LogP contribution < -0.4 is 14.2 Å². The van der Waals surface area contributed by atoms with Gasteiger partial charge in [0.1, 0.15) is 17.4 Å². The standard InChI is InChI=1S/C24H23NO6/c1-4-29-22-15-18(14-19(16-25)24(27)30-5-2)8-12-21(22)31-23(26)13-9-17-6-10-20(28-3)11-7-17/h6-15H,4-5H2,1-3H3. The summed E-state index contributed by atoms with van der Waals surface area (Å²) in [5.74, 6) is -0.0363. The largest absolute Gasteiger partial charge is 0.497 e. The van der Waals surface area contributed by atoms with Crippen LogP contribution in [0.2, 0.25) is 0 Å². The van der Waals surface area contributed by atoms with Crippen LogP contribution in [0.4, 0.5) is 0 Å². The molecule has 0 radical (unpaired) electrons. The Morgan fingerprint density at radius 2 is 1.71 bits per heavy atom. The number of esters is 2. The number of carbonyl (C=O) groups is 2. The lowest BCUT2D eigenvalue weighted by Crippen LogP contribution is -2.07. The second kappa shape index (κ2) is 11.8. The lowest BCUT2D eigenvalue weighted by molar-refractivity contribution is -0.138. The molecule has 0 atom stereocenters. The molecule has 0 aliphatic rings. The van der Waals surface area contributed by atoms with Gasteiger partial charge >= 0.3 is 11.9 Å². The molecule has 2 aromatic rings. The molecule has 31 heavy (non-hydrogen) atoms. The highest BCUT2D eigenvalue weighted by atomic mass is 16.6. The number of hydrogen-bond donors (Lipinski definition) is 0. The summed E-state index contributed by atoms with van der Waals surface area (Å²) in [5, 5.41) is 9.18. The van der Waals surface area contributed by atoms with Gasteiger partial charge in [-0.1, -0.05) is 18.2 Å². The molecule has 0 fully saturated rings. The fraction of sp³-hybridized carbons (Fsp3) is 0.208. The number of ether oxygens (including phenoxy) is 4. The number of nitrogens with zero attached hydrogens (tertiary/aromatic N) is 1. The molecule has 0 aromatic heterocycles. The van der Waals surface area contributed by atoms with Crippen LogP contribution in [0.3, 0.4) is 0 Å². The van der Waals surface area contributed by atoms with Gasteiger partial charge in [-0.15, -0.1) is 0 Å². The van der Waals surface area contributed by atoms with Crippen molar-refractivity contribution in [2.45, 2.75) is 13.8 Å². The van der Waals surface area contributed by atoms with Gasteiger partial charge in [-0.2, -0.15) is 5.26 Å². The molecule has 0 aliphatic heterocycles. The van der Waals surface area contributed by atoms with E-state index in [2.05, 4.69) is 0 Å². The Labute approximate surface area is 181 Å². The van der Waals surface area contributed by atoms with Crippen LogP contribution in [0.5, 0.6) is 17.2 Å². The van der Waals surface area contributed by atoms with Crippen molar-refractivity contribution in [2.75, 3.05) is 20.3 Å². The van der Waals surface area contributed by atoms with E-state index in [4.69, 9.17) is 18.9 Å². The predicted molar refractivity (Wildman–Crippen MR) is 115 cm³/mol. The Balaban J connectivity index is 2.18. The topological polar surface area (TPSA) is 94.9 Å². The van der Waals surface area contributed by atoms with Crippen LogP contribution in [0.15, 0.2) is 54.1 Å². The van der Waals surface area contributed by atoms with Gasteiger partial charge in [0.15, 0.2) is 11.5 Å². The first-order valence-corrected chi connectivity index (χ1v) is 9.60. The Hall–Kier alpha value is -4.05. The van der Waals surface area contributed by atoms with Crippen molar-refractivity contribution in [2.24, 2.45) is 0 Å². The summed E-state index contributed by atoms with van der Waals surface area (Å²) in [4.78, 5) is 24.0. The third-order valence-electron chi connectivity index (χ3n) is 3.93. The van der Waals surface area contributed by atoms with Crippen molar-refractivity contribution in [1.82, 2.24) is 0 Å². The summed E-state index contributed by atoms with van der Waals surface area (Å²) in [6, 6.07) is 13.7. The molecule has 0 unspecified atom stereocenters. The minimum atomic E-state index is -0.706. The monoisotopic (exact) mass is 421 g/mol. The normalized spacial score (nSPS) is 11.0. The van der Waals surface area contributed by atoms with Crippen LogP contribution in [0.1, 0.15) is 25.0 Å². The van der Waals surface area contributed by atoms with Crippen molar-refractivity contribution in [1.29, 1.82) is 5.26 Å². The molecule has 7 heteroatoms. The van der Waals surface area contributed by atoms with Crippen LogP contribution in [-0.4, -0.2) is 32.3 Å². The van der Waals surface area contributed by atoms with Gasteiger partial charge in [-0.05, 0) is 61.4 Å². The molecule has 0 heterocycles. The lowest BCUT2D eigenvalue weighted by Gasteiger charge is -2.10. The maximum atomic E-state index is 12.2. The number of carbonyl (C=O) groups excluding carboxylic acids is 2. The molecule has 2 aromatic carbocycles. The summed E-state index contributed by atoms with van der Waals surface area (Å²) in [7, 11) is 1.58. The second-order valence-electron chi connectivity index (χ2n) is 6.06. The smallest absolute Gasteiger partial charge is 0.348 e. The summed E-state index contributed by atoms with van der Waals surface area (Å²) in [6.07, 6.45) is 4.31. The molecule has 0 spiro atoms. The maximum Gasteiger partial charge on any atom is 0.348 e. The minimum absolute atomic E-state index is 0.142. The Morgan fingerprint density at radius 3 is 2.32 bits per heavy atom. The van der Waals surface area contributed by atoms with Gasteiger partial charge in [0.05, 0.1) is 20.3 Å². The van der Waals surface area contributed by atoms with Crippen molar-refractivity contribution in [3.63, 3.8) is 0 Å². The van der Waals surface area contributed by atoms with Gasteiger partial charge in [-0.25, -0.2) is 9.59 Å². The van der Waals surface area contributed by atoms with Gasteiger partial charge in [0, 0.05) is 6.08 Å². The zero-order chi connectivity index (χ0) is 22.6. The quantitative estimate of drug-likeness (QED) is 0.259. The molecule has 2 rings (SSSR count). The van der Waals surface area contributed by atoms with Crippen molar-refractivity contribution in [3.05, 3.63) is 65.2 Å². The van der Waals surface area contributed by atoms with E-state index in [1.54, 1.807) is 51.3 Å². The molecular formula is C24H23NO6. The third-order valence-corrected chi connectivity index (χ3v) is 3.93. The highest BCUT2D eigenvalue weighted by Gasteiger charge is 2.13. The maximum absolute atomic E-state index is 12.2. The highest BCUT2D eigenvalue weighted by Crippen LogP contribution is 2.30. The Kier molecular flexibility index (Phi) is 8.87. The molecule has 160 valence electrons. The first-order valence-electron chi connectivity index (χ1n) is 9.60.